The molecule has 0 bridgehead atoms. The molecule has 1 aliphatic heterocycles. The number of fused-ring (bicyclic) bond motifs is 1. The molecule has 1 amide bonds. The average molecular weight is 352 g/mol. The highest BCUT2D eigenvalue weighted by Gasteiger charge is 2.28. The van der Waals surface area contributed by atoms with Crippen molar-refractivity contribution in [2.75, 3.05) is 26.2 Å². The van der Waals surface area contributed by atoms with Crippen LogP contribution in [-0.4, -0.2) is 57.5 Å². The van der Waals surface area contributed by atoms with Crippen molar-refractivity contribution >= 4 is 5.91 Å². The van der Waals surface area contributed by atoms with E-state index >= 15 is 0 Å². The van der Waals surface area contributed by atoms with E-state index in [1.54, 1.807) is 6.20 Å². The molecule has 5 heteroatoms. The maximum absolute atomic E-state index is 12.6. The van der Waals surface area contributed by atoms with Gasteiger partial charge in [-0.25, -0.2) is 4.98 Å². The van der Waals surface area contributed by atoms with Crippen molar-refractivity contribution in [3.8, 4) is 0 Å². The summed E-state index contributed by atoms with van der Waals surface area (Å²) in [6.45, 7) is 6.15. The van der Waals surface area contributed by atoms with Crippen molar-refractivity contribution in [2.24, 2.45) is 0 Å². The van der Waals surface area contributed by atoms with Gasteiger partial charge in [-0.05, 0) is 30.4 Å². The van der Waals surface area contributed by atoms with Gasteiger partial charge in [-0.3, -0.25) is 9.69 Å². The van der Waals surface area contributed by atoms with Gasteiger partial charge in [-0.1, -0.05) is 31.2 Å². The van der Waals surface area contributed by atoms with Crippen molar-refractivity contribution in [2.45, 2.75) is 45.2 Å². The van der Waals surface area contributed by atoms with Gasteiger partial charge in [0, 0.05) is 51.0 Å². The van der Waals surface area contributed by atoms with E-state index in [1.165, 1.54) is 24.0 Å². The van der Waals surface area contributed by atoms with Crippen molar-refractivity contribution in [3.63, 3.8) is 0 Å². The lowest BCUT2D eigenvalue weighted by Crippen LogP contribution is -2.53. The Morgan fingerprint density at radius 3 is 2.69 bits per heavy atom. The maximum Gasteiger partial charge on any atom is 0.242 e. The number of carbonyl (C=O) groups is 1. The second-order valence-electron chi connectivity index (χ2n) is 7.41. The van der Waals surface area contributed by atoms with Gasteiger partial charge in [-0.2, -0.15) is 0 Å². The molecule has 1 aliphatic carbocycles. The number of hydrogen-bond donors (Lipinski definition) is 0. The van der Waals surface area contributed by atoms with Crippen molar-refractivity contribution in [1.29, 1.82) is 0 Å². The molecule has 1 fully saturated rings. The number of aromatic nitrogens is 2. The normalized spacial score (nSPS) is 20.8. The molecule has 4 rings (SSSR count). The minimum Gasteiger partial charge on any atom is -0.339 e. The fourth-order valence-electron chi connectivity index (χ4n) is 4.37. The highest BCUT2D eigenvalue weighted by Crippen LogP contribution is 2.25. The predicted octanol–water partition coefficient (Wildman–Crippen LogP) is 2.15. The Kier molecular flexibility index (Phi) is 5.07. The fourth-order valence-corrected chi connectivity index (χ4v) is 4.37. The fraction of sp³-hybridized carbons (Fsp3) is 0.524. The van der Waals surface area contributed by atoms with Crippen LogP contribution in [0.5, 0.6) is 0 Å². The number of imidazole rings is 1. The molecule has 0 N–H and O–H groups in total. The molecule has 1 aromatic heterocycles. The molecule has 1 saturated heterocycles. The van der Waals surface area contributed by atoms with Crippen LogP contribution >= 0.6 is 0 Å². The van der Waals surface area contributed by atoms with Gasteiger partial charge in [0.2, 0.25) is 5.91 Å². The highest BCUT2D eigenvalue weighted by atomic mass is 16.2. The van der Waals surface area contributed by atoms with E-state index in [2.05, 4.69) is 41.1 Å². The van der Waals surface area contributed by atoms with E-state index in [9.17, 15) is 4.79 Å². The van der Waals surface area contributed by atoms with E-state index in [0.717, 1.165) is 44.8 Å². The Hall–Kier alpha value is -2.14. The second kappa shape index (κ2) is 7.62. The molecule has 0 unspecified atom stereocenters. The van der Waals surface area contributed by atoms with Gasteiger partial charge in [0.25, 0.3) is 0 Å². The second-order valence-corrected chi connectivity index (χ2v) is 7.41. The van der Waals surface area contributed by atoms with Crippen LogP contribution in [0.3, 0.4) is 0 Å². The maximum atomic E-state index is 12.6. The third-order valence-corrected chi connectivity index (χ3v) is 5.93. The van der Waals surface area contributed by atoms with Gasteiger partial charge < -0.3 is 9.47 Å². The van der Waals surface area contributed by atoms with E-state index in [4.69, 9.17) is 0 Å². The Labute approximate surface area is 155 Å². The summed E-state index contributed by atoms with van der Waals surface area (Å²) in [6, 6.07) is 9.47. The minimum absolute atomic E-state index is 0.214. The third kappa shape index (κ3) is 3.54. The number of nitrogens with zero attached hydrogens (tertiary/aromatic N) is 4. The van der Waals surface area contributed by atoms with Crippen LogP contribution in [0.15, 0.2) is 36.7 Å². The average Bonchev–Trinajstić information content (AvgIpc) is 3.15. The van der Waals surface area contributed by atoms with Crippen LogP contribution in [-0.2, 0) is 30.6 Å². The van der Waals surface area contributed by atoms with Crippen LogP contribution < -0.4 is 0 Å². The first-order valence-corrected chi connectivity index (χ1v) is 9.83. The standard InChI is InChI=1S/C21H28N4O/c1-2-20-22-9-10-25(20)16-21(26)24-13-11-23(12-14-24)19-8-7-17-5-3-4-6-18(17)15-19/h3-6,9-10,19H,2,7-8,11-16H2,1H3/t19-/m1/s1. The first kappa shape index (κ1) is 17.3. The van der Waals surface area contributed by atoms with Crippen molar-refractivity contribution < 1.29 is 4.79 Å². The van der Waals surface area contributed by atoms with Gasteiger partial charge in [-0.15, -0.1) is 0 Å². The van der Waals surface area contributed by atoms with Crippen LogP contribution in [0.4, 0.5) is 0 Å². The Morgan fingerprint density at radius 1 is 1.15 bits per heavy atom. The van der Waals surface area contributed by atoms with E-state index in [-0.39, 0.29) is 5.91 Å². The van der Waals surface area contributed by atoms with E-state index in [0.29, 0.717) is 12.6 Å². The van der Waals surface area contributed by atoms with Crippen molar-refractivity contribution in [3.05, 3.63) is 53.6 Å². The molecule has 0 radical (unpaired) electrons. The summed E-state index contributed by atoms with van der Waals surface area (Å²) in [5.41, 5.74) is 3.03. The number of aryl methyl sites for hydroxylation is 2. The molecule has 2 aromatic rings. The van der Waals surface area contributed by atoms with Crippen LogP contribution in [0.1, 0.15) is 30.3 Å². The number of piperazine rings is 1. The highest BCUT2D eigenvalue weighted by molar-refractivity contribution is 5.76. The molecule has 5 nitrogen and oxygen atoms in total. The lowest BCUT2D eigenvalue weighted by atomic mass is 9.87. The summed E-state index contributed by atoms with van der Waals surface area (Å²) in [5.74, 6) is 1.20. The smallest absolute Gasteiger partial charge is 0.242 e. The summed E-state index contributed by atoms with van der Waals surface area (Å²) >= 11 is 0. The number of amides is 1. The van der Waals surface area contributed by atoms with Gasteiger partial charge in [0.1, 0.15) is 12.4 Å². The summed E-state index contributed by atoms with van der Waals surface area (Å²) < 4.78 is 1.98. The van der Waals surface area contributed by atoms with Gasteiger partial charge >= 0.3 is 0 Å². The number of benzene rings is 1. The molecular formula is C21H28N4O. The van der Waals surface area contributed by atoms with Crippen LogP contribution in [0.25, 0.3) is 0 Å². The van der Waals surface area contributed by atoms with Gasteiger partial charge in [0.15, 0.2) is 0 Å². The molecule has 0 saturated carbocycles. The summed E-state index contributed by atoms with van der Waals surface area (Å²) in [4.78, 5) is 21.6. The molecular weight excluding hydrogens is 324 g/mol. The predicted molar refractivity (Wildman–Crippen MR) is 102 cm³/mol. The van der Waals surface area contributed by atoms with E-state index in [1.807, 2.05) is 15.7 Å². The first-order valence-electron chi connectivity index (χ1n) is 9.83. The minimum atomic E-state index is 0.214. The molecule has 1 atom stereocenters. The summed E-state index contributed by atoms with van der Waals surface area (Å²) in [6.07, 6.45) is 8.12. The summed E-state index contributed by atoms with van der Waals surface area (Å²) in [5, 5.41) is 0. The SMILES string of the molecule is CCc1nccn1CC(=O)N1CCN([C@@H]2CCc3ccccc3C2)CC1. The zero-order valence-corrected chi connectivity index (χ0v) is 15.6. The third-order valence-electron chi connectivity index (χ3n) is 5.93. The molecule has 26 heavy (non-hydrogen) atoms. The largest absolute Gasteiger partial charge is 0.339 e. The number of carbonyl (C=O) groups excluding carboxylic acids is 1. The van der Waals surface area contributed by atoms with Crippen LogP contribution in [0.2, 0.25) is 0 Å². The Bertz CT molecular complexity index is 761. The monoisotopic (exact) mass is 352 g/mol. The number of hydrogen-bond acceptors (Lipinski definition) is 3. The van der Waals surface area contributed by atoms with E-state index < -0.39 is 0 Å². The Morgan fingerprint density at radius 2 is 1.92 bits per heavy atom. The van der Waals surface area contributed by atoms with Crippen LogP contribution in [0, 0.1) is 0 Å². The Balaban J connectivity index is 1.31. The molecule has 138 valence electrons. The quantitative estimate of drug-likeness (QED) is 0.847. The lowest BCUT2D eigenvalue weighted by Gasteiger charge is -2.41. The zero-order valence-electron chi connectivity index (χ0n) is 15.6. The molecule has 2 heterocycles. The molecule has 1 aromatic carbocycles. The summed E-state index contributed by atoms with van der Waals surface area (Å²) in [7, 11) is 0. The lowest BCUT2D eigenvalue weighted by molar-refractivity contribution is -0.134. The topological polar surface area (TPSA) is 41.4 Å². The van der Waals surface area contributed by atoms with Gasteiger partial charge in [0.05, 0.1) is 0 Å². The first-order chi connectivity index (χ1) is 12.7. The molecule has 0 spiro atoms. The molecule has 2 aliphatic rings. The zero-order chi connectivity index (χ0) is 17.9. The number of rotatable bonds is 4. The van der Waals surface area contributed by atoms with Crippen molar-refractivity contribution in [1.82, 2.24) is 19.4 Å².